The first-order chi connectivity index (χ1) is 4.43. The minimum Gasteiger partial charge on any atom is -0.195 e. The van der Waals surface area contributed by atoms with E-state index >= 15 is 0 Å². The molecule has 0 heterocycles. The van der Waals surface area contributed by atoms with Gasteiger partial charge in [-0.1, -0.05) is 12.1 Å². The highest BCUT2D eigenvalue weighted by Gasteiger charge is 1.79. The van der Waals surface area contributed by atoms with Gasteiger partial charge in [-0.3, -0.25) is 0 Å². The van der Waals surface area contributed by atoms with Crippen molar-refractivity contribution >= 4 is 23.1 Å². The Morgan fingerprint density at radius 2 is 2.56 bits per heavy atom. The second-order valence-corrected chi connectivity index (χ2v) is 1.65. The van der Waals surface area contributed by atoms with Crippen LogP contribution >= 0.6 is 12.2 Å². The van der Waals surface area contributed by atoms with Gasteiger partial charge in [0, 0.05) is 0 Å². The second-order valence-electron chi connectivity index (χ2n) is 1.46. The topological polar surface area (TPSA) is 12.4 Å². The largest absolute Gasteiger partial charge is 0.195 e. The smallest absolute Gasteiger partial charge is 0.0745 e. The lowest BCUT2D eigenvalue weighted by Gasteiger charge is -1.83. The molecule has 1 rings (SSSR count). The maximum atomic E-state index is 4.40. The molecule has 1 radical (unpaired) electrons. The molecule has 0 aromatic heterocycles. The first-order valence-electron chi connectivity index (χ1n) is 2.47. The van der Waals surface area contributed by atoms with E-state index in [0.29, 0.717) is 0 Å². The predicted octanol–water partition coefficient (Wildman–Crippen LogP) is 2.22. The number of isothiocyanates is 1. The SMILES string of the molecule is S=C=Nc1c[c]ccc1. The Morgan fingerprint density at radius 1 is 1.67 bits per heavy atom. The third kappa shape index (κ3) is 1.76. The maximum Gasteiger partial charge on any atom is 0.0745 e. The first-order valence-corrected chi connectivity index (χ1v) is 2.88. The highest BCUT2D eigenvalue weighted by Crippen LogP contribution is 2.06. The molecule has 2 heteroatoms. The Balaban J connectivity index is 2.97. The predicted molar refractivity (Wildman–Crippen MR) is 40.0 cm³/mol. The van der Waals surface area contributed by atoms with Gasteiger partial charge in [-0.2, -0.15) is 4.99 Å². The van der Waals surface area contributed by atoms with Gasteiger partial charge in [0.2, 0.25) is 0 Å². The van der Waals surface area contributed by atoms with Crippen molar-refractivity contribution in [3.8, 4) is 0 Å². The number of benzene rings is 1. The number of hydrogen-bond donors (Lipinski definition) is 0. The van der Waals surface area contributed by atoms with Gasteiger partial charge in [0.1, 0.15) is 0 Å². The van der Waals surface area contributed by atoms with Crippen LogP contribution in [0.15, 0.2) is 29.3 Å². The molecule has 0 aliphatic heterocycles. The lowest BCUT2D eigenvalue weighted by molar-refractivity contribution is 1.55. The summed E-state index contributed by atoms with van der Waals surface area (Å²) in [6.45, 7) is 0. The van der Waals surface area contributed by atoms with Gasteiger partial charge in [0.15, 0.2) is 0 Å². The quantitative estimate of drug-likeness (QED) is 0.423. The van der Waals surface area contributed by atoms with Crippen LogP contribution in [0, 0.1) is 6.07 Å². The van der Waals surface area contributed by atoms with Crippen LogP contribution in [-0.4, -0.2) is 5.16 Å². The van der Waals surface area contributed by atoms with Crippen LogP contribution in [0.3, 0.4) is 0 Å². The zero-order valence-electron chi connectivity index (χ0n) is 4.66. The van der Waals surface area contributed by atoms with E-state index in [1.807, 2.05) is 18.2 Å². The van der Waals surface area contributed by atoms with Gasteiger partial charge in [0.25, 0.3) is 0 Å². The Kier molecular flexibility index (Phi) is 2.13. The van der Waals surface area contributed by atoms with Crippen LogP contribution in [0.1, 0.15) is 0 Å². The minimum atomic E-state index is 0.799. The summed E-state index contributed by atoms with van der Waals surface area (Å²) in [7, 11) is 0. The van der Waals surface area contributed by atoms with Crippen molar-refractivity contribution in [2.24, 2.45) is 4.99 Å². The summed E-state index contributed by atoms with van der Waals surface area (Å²) >= 11 is 4.40. The zero-order valence-corrected chi connectivity index (χ0v) is 5.48. The van der Waals surface area contributed by atoms with E-state index in [9.17, 15) is 0 Å². The molecule has 0 unspecified atom stereocenters. The van der Waals surface area contributed by atoms with Crippen LogP contribution in [0.5, 0.6) is 0 Å². The van der Waals surface area contributed by atoms with Crippen molar-refractivity contribution < 1.29 is 0 Å². The van der Waals surface area contributed by atoms with Crippen LogP contribution in [0.2, 0.25) is 0 Å². The van der Waals surface area contributed by atoms with Gasteiger partial charge in [-0.25, -0.2) is 0 Å². The molecule has 1 nitrogen and oxygen atoms in total. The average molecular weight is 134 g/mol. The highest BCUT2D eigenvalue weighted by atomic mass is 32.1. The third-order valence-corrected chi connectivity index (χ3v) is 0.957. The van der Waals surface area contributed by atoms with Crippen molar-refractivity contribution in [1.29, 1.82) is 0 Å². The molecule has 0 aliphatic rings. The summed E-state index contributed by atoms with van der Waals surface area (Å²) in [6, 6.07) is 10.1. The van der Waals surface area contributed by atoms with Crippen LogP contribution in [0.25, 0.3) is 0 Å². The fourth-order valence-electron chi connectivity index (χ4n) is 0.506. The summed E-state index contributed by atoms with van der Waals surface area (Å²) in [4.78, 5) is 3.74. The average Bonchev–Trinajstić information content (AvgIpc) is 1.91. The van der Waals surface area contributed by atoms with Crippen molar-refractivity contribution in [1.82, 2.24) is 0 Å². The van der Waals surface area contributed by atoms with E-state index in [4.69, 9.17) is 0 Å². The summed E-state index contributed by atoms with van der Waals surface area (Å²) in [5, 5.41) is 2.27. The molecular formula is C7H4NS. The van der Waals surface area contributed by atoms with Gasteiger partial charge >= 0.3 is 0 Å². The van der Waals surface area contributed by atoms with E-state index < -0.39 is 0 Å². The third-order valence-electron chi connectivity index (χ3n) is 0.865. The standard InChI is InChI=1S/C7H4NS/c9-6-8-7-4-2-1-3-5-7/h1-2,4-5H. The summed E-state index contributed by atoms with van der Waals surface area (Å²) in [5.41, 5.74) is 0.799. The van der Waals surface area contributed by atoms with Crippen molar-refractivity contribution in [3.05, 3.63) is 30.3 Å². The van der Waals surface area contributed by atoms with E-state index in [1.54, 1.807) is 6.07 Å². The Bertz CT molecular complexity index is 224. The Morgan fingerprint density at radius 3 is 3.11 bits per heavy atom. The summed E-state index contributed by atoms with van der Waals surface area (Å²) in [5.74, 6) is 0. The summed E-state index contributed by atoms with van der Waals surface area (Å²) in [6.07, 6.45) is 0. The van der Waals surface area contributed by atoms with E-state index in [-0.39, 0.29) is 0 Å². The van der Waals surface area contributed by atoms with Gasteiger partial charge in [-0.15, -0.1) is 0 Å². The van der Waals surface area contributed by atoms with Crippen molar-refractivity contribution in [2.45, 2.75) is 0 Å². The molecule has 0 saturated heterocycles. The lowest BCUT2D eigenvalue weighted by atomic mass is 10.3. The molecule has 0 atom stereocenters. The fraction of sp³-hybridized carbons (Fsp3) is 0. The molecule has 0 aliphatic carbocycles. The number of aliphatic imine (C=N–C) groups is 1. The Labute approximate surface area is 59.1 Å². The molecule has 0 spiro atoms. The van der Waals surface area contributed by atoms with Gasteiger partial charge < -0.3 is 0 Å². The molecule has 0 fully saturated rings. The number of nitrogens with zero attached hydrogens (tertiary/aromatic N) is 1. The number of hydrogen-bond acceptors (Lipinski definition) is 2. The number of rotatable bonds is 1. The molecule has 0 amide bonds. The van der Waals surface area contributed by atoms with Crippen LogP contribution < -0.4 is 0 Å². The molecule has 1 aromatic carbocycles. The lowest BCUT2D eigenvalue weighted by Crippen LogP contribution is -1.59. The second kappa shape index (κ2) is 3.13. The zero-order chi connectivity index (χ0) is 6.53. The van der Waals surface area contributed by atoms with Crippen molar-refractivity contribution in [3.63, 3.8) is 0 Å². The maximum absolute atomic E-state index is 4.40. The highest BCUT2D eigenvalue weighted by molar-refractivity contribution is 7.78. The monoisotopic (exact) mass is 134 g/mol. The van der Waals surface area contributed by atoms with E-state index in [2.05, 4.69) is 28.4 Å². The fourth-order valence-corrected chi connectivity index (χ4v) is 0.612. The molecule has 9 heavy (non-hydrogen) atoms. The van der Waals surface area contributed by atoms with Crippen LogP contribution in [0.4, 0.5) is 5.69 Å². The number of thiocarbonyl (C=S) groups is 1. The minimum absolute atomic E-state index is 0.799. The molecule has 0 N–H and O–H groups in total. The molecule has 1 aromatic rings. The molecule has 43 valence electrons. The van der Waals surface area contributed by atoms with Crippen molar-refractivity contribution in [2.75, 3.05) is 0 Å². The van der Waals surface area contributed by atoms with Gasteiger partial charge in [0.05, 0.1) is 10.8 Å². The van der Waals surface area contributed by atoms with E-state index in [0.717, 1.165) is 5.69 Å². The summed E-state index contributed by atoms with van der Waals surface area (Å²) < 4.78 is 0. The molecule has 0 bridgehead atoms. The van der Waals surface area contributed by atoms with Crippen LogP contribution in [-0.2, 0) is 0 Å². The molecular weight excluding hydrogens is 130 g/mol. The van der Waals surface area contributed by atoms with Gasteiger partial charge in [-0.05, 0) is 30.4 Å². The van der Waals surface area contributed by atoms with E-state index in [1.165, 1.54) is 0 Å². The Hall–Kier alpha value is -0.980. The molecule has 0 saturated carbocycles. The normalized spacial score (nSPS) is 8.00. The first kappa shape index (κ1) is 6.14.